The van der Waals surface area contributed by atoms with Crippen molar-refractivity contribution < 1.29 is 0 Å². The zero-order chi connectivity index (χ0) is 12.5. The summed E-state index contributed by atoms with van der Waals surface area (Å²) in [5.74, 6) is 0.623. The van der Waals surface area contributed by atoms with E-state index in [1.807, 2.05) is 18.2 Å². The van der Waals surface area contributed by atoms with Crippen LogP contribution in [0.2, 0.25) is 0 Å². The maximum atomic E-state index is 6.52. The van der Waals surface area contributed by atoms with Gasteiger partial charge in [-0.2, -0.15) is 0 Å². The fourth-order valence-corrected chi connectivity index (χ4v) is 3.25. The molecule has 3 heteroatoms. The largest absolute Gasteiger partial charge is 0.322 e. The molecule has 96 valence electrons. The molecule has 1 fully saturated rings. The Morgan fingerprint density at radius 3 is 2.83 bits per heavy atom. The molecule has 1 saturated carbocycles. The van der Waals surface area contributed by atoms with Crippen molar-refractivity contribution >= 4 is 5.65 Å². The maximum Gasteiger partial charge on any atom is 0.137 e. The Kier molecular flexibility index (Phi) is 3.08. The molecule has 0 saturated heterocycles. The lowest BCUT2D eigenvalue weighted by molar-refractivity contribution is 0.303. The molecule has 0 aliphatic heterocycles. The molecule has 1 aliphatic rings. The maximum absolute atomic E-state index is 6.52. The molecule has 2 aromatic heterocycles. The van der Waals surface area contributed by atoms with Crippen LogP contribution in [-0.2, 0) is 0 Å². The minimum absolute atomic E-state index is 0.127. The van der Waals surface area contributed by atoms with Crippen molar-refractivity contribution in [3.05, 3.63) is 35.8 Å². The summed E-state index contributed by atoms with van der Waals surface area (Å²) in [5.41, 5.74) is 9.82. The van der Waals surface area contributed by atoms with Gasteiger partial charge in [-0.15, -0.1) is 0 Å². The summed E-state index contributed by atoms with van der Waals surface area (Å²) in [6.07, 6.45) is 8.63. The van der Waals surface area contributed by atoms with Crippen LogP contribution in [-0.4, -0.2) is 9.38 Å². The third-order valence-electron chi connectivity index (χ3n) is 4.22. The molecule has 3 rings (SSSR count). The van der Waals surface area contributed by atoms with Gasteiger partial charge in [0.05, 0.1) is 17.4 Å². The molecule has 18 heavy (non-hydrogen) atoms. The van der Waals surface area contributed by atoms with Gasteiger partial charge in [0.2, 0.25) is 0 Å². The van der Waals surface area contributed by atoms with Gasteiger partial charge >= 0.3 is 0 Å². The first-order valence-electron chi connectivity index (χ1n) is 6.96. The number of hydrogen-bond acceptors (Lipinski definition) is 2. The number of aromatic nitrogens is 2. The molecular formula is C15H21N3. The summed E-state index contributed by atoms with van der Waals surface area (Å²) in [6.45, 7) is 2.07. The van der Waals surface area contributed by atoms with Crippen molar-refractivity contribution in [3.8, 4) is 0 Å². The molecule has 1 atom stereocenters. The van der Waals surface area contributed by atoms with E-state index in [0.717, 1.165) is 11.3 Å². The van der Waals surface area contributed by atoms with E-state index in [9.17, 15) is 0 Å². The molecule has 0 aromatic carbocycles. The molecular weight excluding hydrogens is 222 g/mol. The lowest BCUT2D eigenvalue weighted by atomic mass is 9.83. The second kappa shape index (κ2) is 4.73. The van der Waals surface area contributed by atoms with Gasteiger partial charge in [0, 0.05) is 6.20 Å². The van der Waals surface area contributed by atoms with Crippen LogP contribution in [0.4, 0.5) is 0 Å². The summed E-state index contributed by atoms with van der Waals surface area (Å²) in [7, 11) is 0. The normalized spacial score (nSPS) is 19.2. The third-order valence-corrected chi connectivity index (χ3v) is 4.22. The average Bonchev–Trinajstić information content (AvgIpc) is 2.75. The van der Waals surface area contributed by atoms with E-state index in [1.165, 1.54) is 37.8 Å². The zero-order valence-electron chi connectivity index (χ0n) is 11.0. The molecule has 1 unspecified atom stereocenters. The monoisotopic (exact) mass is 243 g/mol. The summed E-state index contributed by atoms with van der Waals surface area (Å²) in [4.78, 5) is 4.61. The van der Waals surface area contributed by atoms with Gasteiger partial charge in [-0.1, -0.05) is 25.3 Å². The minimum atomic E-state index is 0.127. The van der Waals surface area contributed by atoms with Gasteiger partial charge < -0.3 is 10.1 Å². The van der Waals surface area contributed by atoms with Crippen LogP contribution in [0, 0.1) is 12.8 Å². The summed E-state index contributed by atoms with van der Waals surface area (Å²) < 4.78 is 2.16. The molecule has 2 heterocycles. The predicted molar refractivity (Wildman–Crippen MR) is 73.4 cm³/mol. The minimum Gasteiger partial charge on any atom is -0.322 e. The first-order chi connectivity index (χ1) is 8.77. The van der Waals surface area contributed by atoms with Crippen LogP contribution >= 0.6 is 0 Å². The van der Waals surface area contributed by atoms with E-state index in [2.05, 4.69) is 22.5 Å². The second-order valence-corrected chi connectivity index (χ2v) is 5.44. The number of aryl methyl sites for hydroxylation is 1. The van der Waals surface area contributed by atoms with Crippen molar-refractivity contribution in [2.24, 2.45) is 11.7 Å². The van der Waals surface area contributed by atoms with Crippen LogP contribution in [0.1, 0.15) is 49.5 Å². The summed E-state index contributed by atoms with van der Waals surface area (Å²) in [6, 6.07) is 6.25. The molecule has 0 amide bonds. The molecule has 0 spiro atoms. The van der Waals surface area contributed by atoms with Gasteiger partial charge in [-0.3, -0.25) is 0 Å². The van der Waals surface area contributed by atoms with E-state index in [-0.39, 0.29) is 6.04 Å². The topological polar surface area (TPSA) is 43.3 Å². The highest BCUT2D eigenvalue weighted by molar-refractivity contribution is 5.43. The van der Waals surface area contributed by atoms with Crippen LogP contribution in [0.3, 0.4) is 0 Å². The van der Waals surface area contributed by atoms with E-state index in [0.29, 0.717) is 5.92 Å². The number of fused-ring (bicyclic) bond motifs is 1. The lowest BCUT2D eigenvalue weighted by Crippen LogP contribution is -2.25. The van der Waals surface area contributed by atoms with Gasteiger partial charge in [0.25, 0.3) is 0 Å². The van der Waals surface area contributed by atoms with Gasteiger partial charge in [-0.25, -0.2) is 4.98 Å². The van der Waals surface area contributed by atoms with Crippen LogP contribution in [0.25, 0.3) is 5.65 Å². The van der Waals surface area contributed by atoms with E-state index in [4.69, 9.17) is 5.73 Å². The van der Waals surface area contributed by atoms with Crippen LogP contribution in [0.15, 0.2) is 24.4 Å². The fraction of sp³-hybridized carbons (Fsp3) is 0.533. The average molecular weight is 243 g/mol. The summed E-state index contributed by atoms with van der Waals surface area (Å²) >= 11 is 0. The predicted octanol–water partition coefficient (Wildman–Crippen LogP) is 3.22. The number of nitrogens with two attached hydrogens (primary N) is 1. The van der Waals surface area contributed by atoms with Crippen molar-refractivity contribution in [1.82, 2.24) is 9.38 Å². The summed E-state index contributed by atoms with van der Waals surface area (Å²) in [5, 5.41) is 0. The lowest BCUT2D eigenvalue weighted by Gasteiger charge is -2.27. The molecule has 1 aliphatic carbocycles. The number of imidazole rings is 1. The van der Waals surface area contributed by atoms with Gasteiger partial charge in [-0.05, 0) is 37.8 Å². The second-order valence-electron chi connectivity index (χ2n) is 5.44. The number of hydrogen-bond donors (Lipinski definition) is 1. The van der Waals surface area contributed by atoms with Gasteiger partial charge in [0.15, 0.2) is 0 Å². The Labute approximate surface area is 108 Å². The SMILES string of the molecule is Cc1nc2ccccn2c1C(N)C1CCCCC1. The molecule has 3 nitrogen and oxygen atoms in total. The smallest absolute Gasteiger partial charge is 0.137 e. The standard InChI is InChI=1S/C15H21N3/c1-11-15(14(16)12-7-3-2-4-8-12)18-10-6-5-9-13(18)17-11/h5-6,9-10,12,14H,2-4,7-8,16H2,1H3. The van der Waals surface area contributed by atoms with E-state index >= 15 is 0 Å². The molecule has 0 bridgehead atoms. The Balaban J connectivity index is 1.99. The molecule has 2 aromatic rings. The van der Waals surface area contributed by atoms with Crippen molar-refractivity contribution in [2.45, 2.75) is 45.1 Å². The highest BCUT2D eigenvalue weighted by Crippen LogP contribution is 2.34. The fourth-order valence-electron chi connectivity index (χ4n) is 3.25. The zero-order valence-corrected chi connectivity index (χ0v) is 11.0. The van der Waals surface area contributed by atoms with E-state index in [1.54, 1.807) is 0 Å². The molecule has 0 radical (unpaired) electrons. The Morgan fingerprint density at radius 2 is 2.06 bits per heavy atom. The first-order valence-corrected chi connectivity index (χ1v) is 6.96. The first kappa shape index (κ1) is 11.7. The van der Waals surface area contributed by atoms with Gasteiger partial charge in [0.1, 0.15) is 5.65 Å². The quantitative estimate of drug-likeness (QED) is 0.880. The van der Waals surface area contributed by atoms with Crippen LogP contribution < -0.4 is 5.73 Å². The van der Waals surface area contributed by atoms with E-state index < -0.39 is 0 Å². The number of pyridine rings is 1. The van der Waals surface area contributed by atoms with Crippen molar-refractivity contribution in [2.75, 3.05) is 0 Å². The van der Waals surface area contributed by atoms with Crippen molar-refractivity contribution in [3.63, 3.8) is 0 Å². The highest BCUT2D eigenvalue weighted by Gasteiger charge is 2.25. The Bertz CT molecular complexity index is 538. The Hall–Kier alpha value is -1.35. The molecule has 2 N–H and O–H groups in total. The number of nitrogens with zero attached hydrogens (tertiary/aromatic N) is 2. The third kappa shape index (κ3) is 1.93. The number of rotatable bonds is 2. The van der Waals surface area contributed by atoms with Crippen LogP contribution in [0.5, 0.6) is 0 Å². The highest BCUT2D eigenvalue weighted by atomic mass is 15.0. The Morgan fingerprint density at radius 1 is 1.28 bits per heavy atom. The van der Waals surface area contributed by atoms with Crippen molar-refractivity contribution in [1.29, 1.82) is 0 Å².